The zero-order chi connectivity index (χ0) is 53.5. The highest BCUT2D eigenvalue weighted by Gasteiger charge is 2.51. The number of nitriles is 1. The third-order valence-corrected chi connectivity index (χ3v) is 14.6. The summed E-state index contributed by atoms with van der Waals surface area (Å²) < 4.78 is 53.1. The molecule has 0 bridgehead atoms. The lowest BCUT2D eigenvalue weighted by atomic mass is 9.84. The molecule has 4 N–H and O–H groups in total. The number of carbonyl (C=O) groups is 3. The Hall–Kier alpha value is -6.27. The Labute approximate surface area is 439 Å². The molecule has 19 heteroatoms. The number of nitrogens with zero attached hydrogens (tertiary/aromatic N) is 5. The molecule has 2 aliphatic rings. The largest absolute Gasteiger partial charge is 0.494 e. The van der Waals surface area contributed by atoms with E-state index in [1.54, 1.807) is 53.2 Å². The van der Waals surface area contributed by atoms with Gasteiger partial charge in [0.2, 0.25) is 11.8 Å². The van der Waals surface area contributed by atoms with Crippen LogP contribution in [0.1, 0.15) is 89.1 Å². The van der Waals surface area contributed by atoms with E-state index in [0.29, 0.717) is 24.7 Å². The Balaban J connectivity index is 0.806. The number of aryl methyl sites for hydroxylation is 1. The number of β-amino-alcohol motifs (C(OH)–C–C–N with tert-alkyl or cyclic N) is 1. The fraction of sp³-hybridized carbons (Fsp3) is 0.418. The summed E-state index contributed by atoms with van der Waals surface area (Å²) in [4.78, 5) is 49.9. The number of benzene rings is 4. The maximum absolute atomic E-state index is 13.8. The topological polar surface area (TPSA) is 181 Å². The van der Waals surface area contributed by atoms with Crippen molar-refractivity contribution in [1.82, 2.24) is 20.5 Å². The van der Waals surface area contributed by atoms with Gasteiger partial charge in [-0.3, -0.25) is 24.2 Å². The van der Waals surface area contributed by atoms with E-state index < -0.39 is 58.6 Å². The minimum atomic E-state index is -4.80. The predicted molar refractivity (Wildman–Crippen MR) is 282 cm³/mol. The number of amides is 3. The van der Waals surface area contributed by atoms with E-state index in [9.17, 15) is 43.0 Å². The molecule has 0 spiro atoms. The lowest BCUT2D eigenvalue weighted by molar-refractivity contribution is -0.138. The van der Waals surface area contributed by atoms with Gasteiger partial charge in [0.15, 0.2) is 5.11 Å². The van der Waals surface area contributed by atoms with Crippen molar-refractivity contribution in [1.29, 1.82) is 5.26 Å². The lowest BCUT2D eigenvalue weighted by Gasteiger charge is -2.40. The summed E-state index contributed by atoms with van der Waals surface area (Å²) in [6.45, 7) is 12.5. The van der Waals surface area contributed by atoms with Crippen molar-refractivity contribution >= 4 is 57.8 Å². The number of carbonyl (C=O) groups excluding carboxylic acids is 3. The Kier molecular flexibility index (Phi) is 17.6. The molecule has 0 radical (unpaired) electrons. The number of halogens is 3. The first kappa shape index (κ1) is 55.5. The third-order valence-electron chi connectivity index (χ3n) is 13.3. The van der Waals surface area contributed by atoms with E-state index in [0.717, 1.165) is 69.1 Å². The van der Waals surface area contributed by atoms with Crippen LogP contribution >= 0.6 is 23.6 Å². The summed E-state index contributed by atoms with van der Waals surface area (Å²) in [7, 11) is 0. The van der Waals surface area contributed by atoms with Crippen LogP contribution in [0, 0.1) is 23.7 Å². The van der Waals surface area contributed by atoms with Gasteiger partial charge in [-0.2, -0.15) is 18.4 Å². The molecule has 7 rings (SSSR count). The van der Waals surface area contributed by atoms with Crippen LogP contribution < -0.4 is 25.2 Å². The number of rotatable bonds is 20. The zero-order valence-electron chi connectivity index (χ0n) is 42.2. The number of hydrogen-bond acceptors (Lipinski definition) is 12. The highest BCUT2D eigenvalue weighted by molar-refractivity contribution is 7.81. The van der Waals surface area contributed by atoms with E-state index in [-0.39, 0.29) is 55.2 Å². The molecule has 2 aliphatic heterocycles. The molecule has 3 heterocycles. The average molecular weight is 1050 g/mol. The van der Waals surface area contributed by atoms with E-state index in [2.05, 4.69) is 15.6 Å². The van der Waals surface area contributed by atoms with Gasteiger partial charge in [-0.15, -0.1) is 11.3 Å². The number of ether oxygens (including phenoxy) is 2. The van der Waals surface area contributed by atoms with Gasteiger partial charge in [0.05, 0.1) is 70.4 Å². The smallest absolute Gasteiger partial charge is 0.417 e. The van der Waals surface area contributed by atoms with Crippen LogP contribution in [-0.4, -0.2) is 99.3 Å². The maximum atomic E-state index is 13.8. The molecule has 0 saturated carbocycles. The van der Waals surface area contributed by atoms with E-state index >= 15 is 0 Å². The average Bonchev–Trinajstić information content (AvgIpc) is 4.03. The minimum absolute atomic E-state index is 0.0147. The number of aliphatic hydroxyl groups excluding tert-OH is 2. The van der Waals surface area contributed by atoms with Gasteiger partial charge >= 0.3 is 6.18 Å². The summed E-state index contributed by atoms with van der Waals surface area (Å²) in [6.07, 6.45) is -4.22. The second-order valence-electron chi connectivity index (χ2n) is 20.1. The Bertz CT molecular complexity index is 2830. The molecule has 0 aliphatic carbocycles. The first-order chi connectivity index (χ1) is 35.1. The molecule has 2 saturated heterocycles. The van der Waals surface area contributed by atoms with Crippen molar-refractivity contribution in [2.45, 2.75) is 116 Å². The Morgan fingerprint density at radius 3 is 2.19 bits per heavy atom. The molecular weight excluding hydrogens is 992 g/mol. The fourth-order valence-corrected chi connectivity index (χ4v) is 10.5. The summed E-state index contributed by atoms with van der Waals surface area (Å²) in [5.74, 6) is -0.415. The summed E-state index contributed by atoms with van der Waals surface area (Å²) in [5.41, 5.74) is 3.54. The summed E-state index contributed by atoms with van der Waals surface area (Å²) >= 11 is 7.25. The Morgan fingerprint density at radius 2 is 1.57 bits per heavy atom. The SMILES string of the molecule is Cc1ncsc1-c1ccc(CNC(=O)C2C[C@@H](O)CN2C(O)C(NC(=O)CCOCCCCCOc2ccc(-c3ccc(N4C(=S)N(c5ccc(C#N)c(C(F)(F)F)c5)C(=O)C4(C)C)cc3)cc2)C(C)(C)C)cc1. The number of nitrogens with one attached hydrogen (secondary N) is 2. The van der Waals surface area contributed by atoms with Crippen molar-refractivity contribution in [3.05, 3.63) is 119 Å². The molecule has 3 amide bonds. The van der Waals surface area contributed by atoms with E-state index in [1.165, 1.54) is 6.07 Å². The molecule has 5 aromatic rings. The quantitative estimate of drug-likeness (QED) is 0.0430. The molecule has 392 valence electrons. The highest BCUT2D eigenvalue weighted by Crippen LogP contribution is 2.40. The second-order valence-corrected chi connectivity index (χ2v) is 21.3. The maximum Gasteiger partial charge on any atom is 0.417 e. The number of thiazole rings is 1. The molecule has 1 aromatic heterocycles. The number of likely N-dealkylation sites (tertiary alicyclic amines) is 1. The number of anilines is 2. The number of aliphatic hydroxyl groups is 2. The van der Waals surface area contributed by atoms with Crippen LogP contribution in [0.2, 0.25) is 0 Å². The molecular formula is C55H62F3N7O7S2. The van der Waals surface area contributed by atoms with Crippen LogP contribution in [0.25, 0.3) is 21.6 Å². The number of alkyl halides is 3. The molecule has 4 aromatic carbocycles. The molecule has 4 atom stereocenters. The van der Waals surface area contributed by atoms with Crippen LogP contribution in [0.15, 0.2) is 96.5 Å². The molecule has 14 nitrogen and oxygen atoms in total. The second kappa shape index (κ2) is 23.5. The zero-order valence-corrected chi connectivity index (χ0v) is 43.9. The molecule has 74 heavy (non-hydrogen) atoms. The van der Waals surface area contributed by atoms with Crippen LogP contribution in [0.4, 0.5) is 24.5 Å². The minimum Gasteiger partial charge on any atom is -0.494 e. The third kappa shape index (κ3) is 13.0. The van der Waals surface area contributed by atoms with Crippen molar-refractivity contribution in [3.8, 4) is 33.4 Å². The summed E-state index contributed by atoms with van der Waals surface area (Å²) in [5, 5.41) is 37.5. The van der Waals surface area contributed by atoms with Gasteiger partial charge in [-0.25, -0.2) is 4.98 Å². The monoisotopic (exact) mass is 1050 g/mol. The Morgan fingerprint density at radius 1 is 0.932 bits per heavy atom. The number of thiocarbonyl (C=S) groups is 1. The van der Waals surface area contributed by atoms with Gasteiger partial charge in [-0.1, -0.05) is 69.3 Å². The lowest BCUT2D eigenvalue weighted by Crippen LogP contribution is -2.60. The van der Waals surface area contributed by atoms with Crippen molar-refractivity contribution in [2.24, 2.45) is 5.41 Å². The van der Waals surface area contributed by atoms with Crippen molar-refractivity contribution in [2.75, 3.05) is 36.2 Å². The van der Waals surface area contributed by atoms with Crippen LogP contribution in [0.3, 0.4) is 0 Å². The van der Waals surface area contributed by atoms with Gasteiger partial charge in [0.1, 0.15) is 17.5 Å². The van der Waals surface area contributed by atoms with Gasteiger partial charge in [0, 0.05) is 31.8 Å². The van der Waals surface area contributed by atoms with Gasteiger partial charge in [-0.05, 0) is 129 Å². The van der Waals surface area contributed by atoms with E-state index in [4.69, 9.17) is 21.7 Å². The van der Waals surface area contributed by atoms with Gasteiger partial charge in [0.25, 0.3) is 5.91 Å². The normalized spacial score (nSPS) is 17.8. The molecule has 2 fully saturated rings. The molecule has 3 unspecified atom stereocenters. The van der Waals surface area contributed by atoms with Crippen molar-refractivity contribution < 1.29 is 47.2 Å². The standard InChI is InChI=1S/C55H62F3N7O7S2/c1-34-47(74-33-61-34)38-12-10-35(11-13-38)31-60-49(68)45-29-42(66)32-63(45)50(69)48(53(2,3)4)62-46(67)24-27-71-25-8-7-9-26-72-43-22-17-37(18-23-43)36-14-19-40(20-15-36)65-52(73)64(51(70)54(65,5)6)41-21-16-39(30-59)44(28-41)55(56,57)58/h10-23,28,33,42,45,48,50,66,69H,7-9,24-27,29,31-32H2,1-6H3,(H,60,68)(H,62,67)/t42-,45?,48?,50?/m1/s1. The van der Waals surface area contributed by atoms with E-state index in [1.807, 2.05) is 93.9 Å². The number of unbranched alkanes of at least 4 members (excludes halogenated alkanes) is 2. The highest BCUT2D eigenvalue weighted by atomic mass is 32.1. The van der Waals surface area contributed by atoms with Crippen LogP contribution in [0.5, 0.6) is 5.75 Å². The van der Waals surface area contributed by atoms with Crippen LogP contribution in [-0.2, 0) is 31.8 Å². The van der Waals surface area contributed by atoms with Crippen molar-refractivity contribution in [3.63, 3.8) is 0 Å². The first-order valence-corrected chi connectivity index (χ1v) is 25.8. The fourth-order valence-electron chi connectivity index (χ4n) is 9.17. The first-order valence-electron chi connectivity index (χ1n) is 24.5. The summed E-state index contributed by atoms with van der Waals surface area (Å²) in [6, 6.07) is 26.0. The predicted octanol–water partition coefficient (Wildman–Crippen LogP) is 9.15. The van der Waals surface area contributed by atoms with Gasteiger partial charge < -0.3 is 35.2 Å². The number of aromatic nitrogens is 1. The number of hydrogen-bond donors (Lipinski definition) is 4.